The molecule has 0 fully saturated rings. The third-order valence-electron chi connectivity index (χ3n) is 2.32. The summed E-state index contributed by atoms with van der Waals surface area (Å²) in [7, 11) is 0. The van der Waals surface area contributed by atoms with Gasteiger partial charge < -0.3 is 13.7 Å². The van der Waals surface area contributed by atoms with Crippen LogP contribution in [0.25, 0.3) is 11.6 Å². The molecule has 0 saturated carbocycles. The van der Waals surface area contributed by atoms with Crippen molar-refractivity contribution >= 4 is 5.97 Å². The number of carbonyl (C=O) groups excluding carboxylic acids is 1. The Kier molecular flexibility index (Phi) is 3.45. The van der Waals surface area contributed by atoms with E-state index in [9.17, 15) is 4.79 Å². The van der Waals surface area contributed by atoms with Crippen LogP contribution < -0.4 is 0 Å². The molecule has 0 amide bonds. The summed E-state index contributed by atoms with van der Waals surface area (Å²) in [5, 5.41) is 3.72. The van der Waals surface area contributed by atoms with Gasteiger partial charge in [0.25, 0.3) is 0 Å². The van der Waals surface area contributed by atoms with Gasteiger partial charge in [-0.05, 0) is 12.8 Å². The fourth-order valence-electron chi connectivity index (χ4n) is 1.50. The number of oxazole rings is 1. The monoisotopic (exact) mass is 250 g/mol. The Morgan fingerprint density at radius 2 is 2.28 bits per heavy atom. The van der Waals surface area contributed by atoms with Gasteiger partial charge in [0.2, 0.25) is 11.7 Å². The molecular weight excluding hydrogens is 236 g/mol. The standard InChI is InChI=1S/C12H14N2O4/c1-4-16-12(15)10-9(7(2)3)13-11(18-10)8-5-6-17-14-8/h5-7H,4H2,1-3H3. The summed E-state index contributed by atoms with van der Waals surface area (Å²) in [4.78, 5) is 16.0. The quantitative estimate of drug-likeness (QED) is 0.776. The first-order valence-electron chi connectivity index (χ1n) is 5.72. The Labute approximate surface area is 104 Å². The van der Waals surface area contributed by atoms with Crippen molar-refractivity contribution in [1.82, 2.24) is 10.1 Å². The summed E-state index contributed by atoms with van der Waals surface area (Å²) < 4.78 is 15.1. The third kappa shape index (κ3) is 2.27. The average Bonchev–Trinajstić information content (AvgIpc) is 2.98. The zero-order chi connectivity index (χ0) is 13.1. The Morgan fingerprint density at radius 1 is 1.50 bits per heavy atom. The molecular formula is C12H14N2O4. The van der Waals surface area contributed by atoms with Gasteiger partial charge >= 0.3 is 5.97 Å². The van der Waals surface area contributed by atoms with Crippen LogP contribution in [-0.2, 0) is 4.74 Å². The van der Waals surface area contributed by atoms with Crippen LogP contribution in [0.15, 0.2) is 21.3 Å². The third-order valence-corrected chi connectivity index (χ3v) is 2.32. The van der Waals surface area contributed by atoms with Crippen molar-refractivity contribution in [3.8, 4) is 11.6 Å². The molecule has 0 aliphatic rings. The van der Waals surface area contributed by atoms with Crippen LogP contribution in [0.4, 0.5) is 0 Å². The maximum atomic E-state index is 11.8. The minimum atomic E-state index is -0.511. The topological polar surface area (TPSA) is 78.4 Å². The van der Waals surface area contributed by atoms with Crippen LogP contribution in [0.5, 0.6) is 0 Å². The fraction of sp³-hybridized carbons (Fsp3) is 0.417. The van der Waals surface area contributed by atoms with Gasteiger partial charge in [0.05, 0.1) is 12.3 Å². The van der Waals surface area contributed by atoms with Crippen molar-refractivity contribution in [2.24, 2.45) is 0 Å². The molecule has 0 unspecified atom stereocenters. The summed E-state index contributed by atoms with van der Waals surface area (Å²) in [6.45, 7) is 5.87. The zero-order valence-electron chi connectivity index (χ0n) is 10.5. The molecule has 2 heterocycles. The van der Waals surface area contributed by atoms with E-state index in [2.05, 4.69) is 10.1 Å². The molecule has 18 heavy (non-hydrogen) atoms. The van der Waals surface area contributed by atoms with E-state index in [1.807, 2.05) is 13.8 Å². The smallest absolute Gasteiger partial charge is 0.376 e. The molecule has 6 heteroatoms. The van der Waals surface area contributed by atoms with Crippen molar-refractivity contribution in [2.75, 3.05) is 6.61 Å². The number of aromatic nitrogens is 2. The second kappa shape index (κ2) is 5.03. The largest absolute Gasteiger partial charge is 0.460 e. The number of ether oxygens (including phenoxy) is 1. The number of esters is 1. The first-order valence-corrected chi connectivity index (χ1v) is 5.72. The molecule has 6 nitrogen and oxygen atoms in total. The van der Waals surface area contributed by atoms with Crippen LogP contribution in [-0.4, -0.2) is 22.7 Å². The average molecular weight is 250 g/mol. The predicted molar refractivity (Wildman–Crippen MR) is 62.0 cm³/mol. The maximum absolute atomic E-state index is 11.8. The van der Waals surface area contributed by atoms with E-state index in [0.717, 1.165) is 0 Å². The molecule has 0 spiro atoms. The summed E-state index contributed by atoms with van der Waals surface area (Å²) in [5.74, 6) is -0.0717. The Hall–Kier alpha value is -2.11. The first-order chi connectivity index (χ1) is 8.63. The van der Waals surface area contributed by atoms with E-state index in [-0.39, 0.29) is 24.2 Å². The van der Waals surface area contributed by atoms with Crippen molar-refractivity contribution in [3.63, 3.8) is 0 Å². The van der Waals surface area contributed by atoms with Crippen LogP contribution in [0, 0.1) is 0 Å². The zero-order valence-corrected chi connectivity index (χ0v) is 10.5. The van der Waals surface area contributed by atoms with Crippen LogP contribution in [0.1, 0.15) is 42.9 Å². The summed E-state index contributed by atoms with van der Waals surface area (Å²) >= 11 is 0. The first kappa shape index (κ1) is 12.3. The van der Waals surface area contributed by atoms with E-state index in [1.165, 1.54) is 6.26 Å². The van der Waals surface area contributed by atoms with Crippen molar-refractivity contribution in [3.05, 3.63) is 23.8 Å². The highest BCUT2D eigenvalue weighted by atomic mass is 16.5. The van der Waals surface area contributed by atoms with E-state index < -0.39 is 5.97 Å². The minimum Gasteiger partial charge on any atom is -0.460 e. The van der Waals surface area contributed by atoms with Gasteiger partial charge in [0.15, 0.2) is 5.69 Å². The fourth-order valence-corrected chi connectivity index (χ4v) is 1.50. The van der Waals surface area contributed by atoms with Gasteiger partial charge in [-0.1, -0.05) is 19.0 Å². The van der Waals surface area contributed by atoms with Gasteiger partial charge in [0, 0.05) is 6.07 Å². The SMILES string of the molecule is CCOC(=O)c1oc(-c2ccon2)nc1C(C)C. The predicted octanol–water partition coefficient (Wildman–Crippen LogP) is 2.63. The minimum absolute atomic E-state index is 0.0498. The van der Waals surface area contributed by atoms with Crippen LogP contribution in [0.2, 0.25) is 0 Å². The summed E-state index contributed by atoms with van der Waals surface area (Å²) in [6, 6.07) is 1.62. The number of carbonyl (C=O) groups is 1. The molecule has 0 aromatic carbocycles. The van der Waals surface area contributed by atoms with Gasteiger partial charge in [-0.25, -0.2) is 9.78 Å². The highest BCUT2D eigenvalue weighted by Gasteiger charge is 2.24. The highest BCUT2D eigenvalue weighted by Crippen LogP contribution is 2.26. The lowest BCUT2D eigenvalue weighted by Gasteiger charge is -2.02. The van der Waals surface area contributed by atoms with E-state index in [1.54, 1.807) is 13.0 Å². The van der Waals surface area contributed by atoms with Gasteiger partial charge in [0.1, 0.15) is 6.26 Å². The van der Waals surface area contributed by atoms with Crippen LogP contribution >= 0.6 is 0 Å². The Bertz CT molecular complexity index is 528. The van der Waals surface area contributed by atoms with Crippen molar-refractivity contribution < 1.29 is 18.5 Å². The lowest BCUT2D eigenvalue weighted by atomic mass is 10.1. The lowest BCUT2D eigenvalue weighted by Crippen LogP contribution is -2.07. The molecule has 0 N–H and O–H groups in total. The number of rotatable bonds is 4. The molecule has 0 bridgehead atoms. The maximum Gasteiger partial charge on any atom is 0.376 e. The molecule has 0 atom stereocenters. The molecule has 2 rings (SSSR count). The normalized spacial score (nSPS) is 10.9. The van der Waals surface area contributed by atoms with Gasteiger partial charge in [-0.3, -0.25) is 0 Å². The second-order valence-electron chi connectivity index (χ2n) is 3.99. The molecule has 96 valence electrons. The van der Waals surface area contributed by atoms with E-state index in [4.69, 9.17) is 13.7 Å². The molecule has 0 saturated heterocycles. The number of nitrogens with zero attached hydrogens (tertiary/aromatic N) is 2. The second-order valence-corrected chi connectivity index (χ2v) is 3.99. The van der Waals surface area contributed by atoms with E-state index >= 15 is 0 Å². The summed E-state index contributed by atoms with van der Waals surface area (Å²) in [5.41, 5.74) is 1.01. The molecule has 0 aliphatic carbocycles. The van der Waals surface area contributed by atoms with Gasteiger partial charge in [-0.15, -0.1) is 0 Å². The molecule has 0 radical (unpaired) electrons. The Balaban J connectivity index is 2.42. The van der Waals surface area contributed by atoms with Crippen LogP contribution in [0.3, 0.4) is 0 Å². The van der Waals surface area contributed by atoms with Gasteiger partial charge in [-0.2, -0.15) is 0 Å². The van der Waals surface area contributed by atoms with Crippen molar-refractivity contribution in [1.29, 1.82) is 0 Å². The number of hydrogen-bond acceptors (Lipinski definition) is 6. The number of hydrogen-bond donors (Lipinski definition) is 0. The molecule has 0 aliphatic heterocycles. The van der Waals surface area contributed by atoms with Crippen molar-refractivity contribution in [2.45, 2.75) is 26.7 Å². The van der Waals surface area contributed by atoms with E-state index in [0.29, 0.717) is 11.4 Å². The molecule has 2 aromatic heterocycles. The molecule has 2 aromatic rings. The lowest BCUT2D eigenvalue weighted by molar-refractivity contribution is 0.0488. The Morgan fingerprint density at radius 3 is 2.83 bits per heavy atom. The summed E-state index contributed by atoms with van der Waals surface area (Å²) in [6.07, 6.45) is 1.42. The highest BCUT2D eigenvalue weighted by molar-refractivity contribution is 5.88.